The topological polar surface area (TPSA) is 128 Å². The second-order valence-electron chi connectivity index (χ2n) is 7.79. The van der Waals surface area contributed by atoms with E-state index in [0.717, 1.165) is 11.6 Å². The molecule has 0 saturated carbocycles. The molecule has 0 unspecified atom stereocenters. The van der Waals surface area contributed by atoms with Crippen LogP contribution in [-0.2, 0) is 16.6 Å². The lowest BCUT2D eigenvalue weighted by Gasteiger charge is -2.26. The highest BCUT2D eigenvalue weighted by Gasteiger charge is 2.28. The van der Waals surface area contributed by atoms with Crippen LogP contribution in [0.25, 0.3) is 0 Å². The SMILES string of the molecule is CC(C)N(Cc1ccccc1)S(=O)(=O)c1cccc(C(=O)Nc2ccc(C#N)cc2C(=O)O)c1. The van der Waals surface area contributed by atoms with Crippen LogP contribution in [0.4, 0.5) is 5.69 Å². The Morgan fingerprint density at radius 1 is 1.03 bits per heavy atom. The Bertz CT molecular complexity index is 1360. The van der Waals surface area contributed by atoms with Crippen molar-refractivity contribution >= 4 is 27.6 Å². The molecule has 34 heavy (non-hydrogen) atoms. The number of carboxylic acids is 1. The Kier molecular flexibility index (Phi) is 7.46. The molecule has 0 heterocycles. The number of anilines is 1. The van der Waals surface area contributed by atoms with E-state index in [1.807, 2.05) is 36.4 Å². The summed E-state index contributed by atoms with van der Waals surface area (Å²) in [4.78, 5) is 24.3. The summed E-state index contributed by atoms with van der Waals surface area (Å²) >= 11 is 0. The molecule has 0 saturated heterocycles. The van der Waals surface area contributed by atoms with Crippen LogP contribution in [-0.4, -0.2) is 35.7 Å². The summed E-state index contributed by atoms with van der Waals surface area (Å²) in [5.41, 5.74) is 0.763. The van der Waals surface area contributed by atoms with Crippen LogP contribution in [0, 0.1) is 11.3 Å². The van der Waals surface area contributed by atoms with E-state index in [2.05, 4.69) is 5.32 Å². The smallest absolute Gasteiger partial charge is 0.337 e. The molecule has 0 bridgehead atoms. The Morgan fingerprint density at radius 2 is 1.74 bits per heavy atom. The maximum Gasteiger partial charge on any atom is 0.337 e. The maximum atomic E-state index is 13.4. The summed E-state index contributed by atoms with van der Waals surface area (Å²) in [6, 6.07) is 20.1. The van der Waals surface area contributed by atoms with Crippen LogP contribution in [0.3, 0.4) is 0 Å². The van der Waals surface area contributed by atoms with Gasteiger partial charge in [0.15, 0.2) is 0 Å². The standard InChI is InChI=1S/C25H23N3O5S/c1-17(2)28(16-18-7-4-3-5-8-18)34(32,33)21-10-6-9-20(14-21)24(29)27-23-12-11-19(15-26)13-22(23)25(30)31/h3-14,17H,16H2,1-2H3,(H,27,29)(H,30,31). The lowest BCUT2D eigenvalue weighted by Crippen LogP contribution is -2.36. The first-order chi connectivity index (χ1) is 16.1. The zero-order valence-electron chi connectivity index (χ0n) is 18.6. The fourth-order valence-corrected chi connectivity index (χ4v) is 5.01. The molecule has 3 aromatic carbocycles. The molecule has 3 rings (SSSR count). The Morgan fingerprint density at radius 3 is 2.35 bits per heavy atom. The Balaban J connectivity index is 1.91. The van der Waals surface area contributed by atoms with E-state index in [9.17, 15) is 23.1 Å². The molecule has 0 aromatic heterocycles. The van der Waals surface area contributed by atoms with Crippen molar-refractivity contribution in [1.82, 2.24) is 4.31 Å². The van der Waals surface area contributed by atoms with Gasteiger partial charge in [0, 0.05) is 18.2 Å². The van der Waals surface area contributed by atoms with Crippen LogP contribution in [0.15, 0.2) is 77.7 Å². The molecule has 0 atom stereocenters. The number of hydrogen-bond donors (Lipinski definition) is 2. The average molecular weight is 478 g/mol. The number of nitriles is 1. The normalized spacial score (nSPS) is 11.3. The molecular weight excluding hydrogens is 454 g/mol. The minimum absolute atomic E-state index is 0.00218. The number of sulfonamides is 1. The first-order valence-electron chi connectivity index (χ1n) is 10.4. The molecule has 0 spiro atoms. The van der Waals surface area contributed by atoms with Gasteiger partial charge in [-0.05, 0) is 55.8 Å². The van der Waals surface area contributed by atoms with Crippen molar-refractivity contribution in [2.75, 3.05) is 5.32 Å². The fraction of sp³-hybridized carbons (Fsp3) is 0.160. The van der Waals surface area contributed by atoms with Gasteiger partial charge in [0.1, 0.15) is 0 Å². The number of carboxylic acid groups (broad SMARTS) is 1. The highest BCUT2D eigenvalue weighted by molar-refractivity contribution is 7.89. The molecule has 0 radical (unpaired) electrons. The van der Waals surface area contributed by atoms with Crippen molar-refractivity contribution in [1.29, 1.82) is 5.26 Å². The molecule has 1 amide bonds. The second-order valence-corrected chi connectivity index (χ2v) is 9.68. The van der Waals surface area contributed by atoms with Gasteiger partial charge in [-0.25, -0.2) is 13.2 Å². The third-order valence-corrected chi connectivity index (χ3v) is 7.11. The van der Waals surface area contributed by atoms with Crippen LogP contribution < -0.4 is 5.32 Å². The number of nitrogens with one attached hydrogen (secondary N) is 1. The number of carbonyl (C=O) groups excluding carboxylic acids is 1. The highest BCUT2D eigenvalue weighted by Crippen LogP contribution is 2.23. The lowest BCUT2D eigenvalue weighted by atomic mass is 10.1. The summed E-state index contributed by atoms with van der Waals surface area (Å²) in [5, 5.41) is 20.9. The van der Waals surface area contributed by atoms with Crippen LogP contribution in [0.1, 0.15) is 45.7 Å². The van der Waals surface area contributed by atoms with Gasteiger partial charge in [0.25, 0.3) is 5.91 Å². The first kappa shape index (κ1) is 24.6. The second kappa shape index (κ2) is 10.3. The number of benzene rings is 3. The van der Waals surface area contributed by atoms with Crippen molar-refractivity contribution < 1.29 is 23.1 Å². The fourth-order valence-electron chi connectivity index (χ4n) is 3.34. The van der Waals surface area contributed by atoms with E-state index in [0.29, 0.717) is 0 Å². The number of aromatic carboxylic acids is 1. The largest absolute Gasteiger partial charge is 0.478 e. The first-order valence-corrected chi connectivity index (χ1v) is 11.8. The van der Waals surface area contributed by atoms with E-state index < -0.39 is 21.9 Å². The van der Waals surface area contributed by atoms with Gasteiger partial charge in [-0.1, -0.05) is 36.4 Å². The average Bonchev–Trinajstić information content (AvgIpc) is 2.83. The van der Waals surface area contributed by atoms with Gasteiger partial charge in [-0.3, -0.25) is 4.79 Å². The van der Waals surface area contributed by atoms with E-state index in [4.69, 9.17) is 5.26 Å². The summed E-state index contributed by atoms with van der Waals surface area (Å²) in [7, 11) is -3.93. The van der Waals surface area contributed by atoms with Crippen LogP contribution in [0.2, 0.25) is 0 Å². The highest BCUT2D eigenvalue weighted by atomic mass is 32.2. The molecule has 8 nitrogen and oxygen atoms in total. The van der Waals surface area contributed by atoms with E-state index in [1.165, 1.54) is 40.7 Å². The van der Waals surface area contributed by atoms with E-state index in [-0.39, 0.29) is 39.9 Å². The summed E-state index contributed by atoms with van der Waals surface area (Å²) in [5.74, 6) is -1.99. The predicted molar refractivity (Wildman–Crippen MR) is 127 cm³/mol. The van der Waals surface area contributed by atoms with Gasteiger partial charge < -0.3 is 10.4 Å². The van der Waals surface area contributed by atoms with Crippen molar-refractivity contribution in [3.8, 4) is 6.07 Å². The minimum atomic E-state index is -3.93. The molecule has 0 fully saturated rings. The van der Waals surface area contributed by atoms with Gasteiger partial charge in [0.2, 0.25) is 10.0 Å². The summed E-state index contributed by atoms with van der Waals surface area (Å²) in [6.45, 7) is 3.72. The summed E-state index contributed by atoms with van der Waals surface area (Å²) < 4.78 is 28.2. The molecule has 174 valence electrons. The van der Waals surface area contributed by atoms with Crippen LogP contribution in [0.5, 0.6) is 0 Å². The monoisotopic (exact) mass is 477 g/mol. The third-order valence-electron chi connectivity index (χ3n) is 5.09. The third kappa shape index (κ3) is 5.49. The van der Waals surface area contributed by atoms with Gasteiger partial charge in [-0.2, -0.15) is 9.57 Å². The number of amides is 1. The van der Waals surface area contributed by atoms with Crippen molar-refractivity contribution in [3.63, 3.8) is 0 Å². The minimum Gasteiger partial charge on any atom is -0.478 e. The number of carbonyl (C=O) groups is 2. The van der Waals surface area contributed by atoms with Crippen molar-refractivity contribution in [3.05, 3.63) is 95.1 Å². The molecule has 3 aromatic rings. The molecule has 0 aliphatic rings. The predicted octanol–water partition coefficient (Wildman–Crippen LogP) is 4.11. The maximum absolute atomic E-state index is 13.4. The summed E-state index contributed by atoms with van der Waals surface area (Å²) in [6.07, 6.45) is 0. The van der Waals surface area contributed by atoms with Crippen molar-refractivity contribution in [2.45, 2.75) is 31.3 Å². The van der Waals surface area contributed by atoms with Gasteiger partial charge >= 0.3 is 5.97 Å². The molecular formula is C25H23N3O5S. The molecule has 2 N–H and O–H groups in total. The van der Waals surface area contributed by atoms with E-state index >= 15 is 0 Å². The zero-order chi connectivity index (χ0) is 24.9. The number of hydrogen-bond acceptors (Lipinski definition) is 5. The quantitative estimate of drug-likeness (QED) is 0.503. The molecule has 0 aliphatic carbocycles. The van der Waals surface area contributed by atoms with Gasteiger partial charge in [-0.15, -0.1) is 0 Å². The number of rotatable bonds is 8. The Hall–Kier alpha value is -4.00. The lowest BCUT2D eigenvalue weighted by molar-refractivity contribution is 0.0698. The van der Waals surface area contributed by atoms with E-state index in [1.54, 1.807) is 13.8 Å². The molecule has 0 aliphatic heterocycles. The molecule has 9 heteroatoms. The van der Waals surface area contributed by atoms with Crippen molar-refractivity contribution in [2.24, 2.45) is 0 Å². The zero-order valence-corrected chi connectivity index (χ0v) is 19.4. The van der Waals surface area contributed by atoms with Crippen LogP contribution >= 0.6 is 0 Å². The number of nitrogens with zero attached hydrogens (tertiary/aromatic N) is 2. The Labute approximate surface area is 198 Å². The van der Waals surface area contributed by atoms with Gasteiger partial charge in [0.05, 0.1) is 27.8 Å².